The molecule has 0 saturated heterocycles. The fraction of sp³-hybridized carbons (Fsp3) is 0.250. The normalized spacial score (nSPS) is 11.9. The van der Waals surface area contributed by atoms with Crippen LogP contribution in [0.1, 0.15) is 11.1 Å². The minimum atomic E-state index is -3.48. The van der Waals surface area contributed by atoms with Crippen molar-refractivity contribution in [3.63, 3.8) is 0 Å². The molecule has 0 aliphatic heterocycles. The number of rotatable bonds is 2. The molecule has 2 rings (SSSR count). The van der Waals surface area contributed by atoms with Gasteiger partial charge in [-0.15, -0.1) is 0 Å². The van der Waals surface area contributed by atoms with Gasteiger partial charge in [0.15, 0.2) is 0 Å². The number of aryl methyl sites for hydroxylation is 2. The van der Waals surface area contributed by atoms with Crippen LogP contribution in [-0.2, 0) is 10.0 Å². The van der Waals surface area contributed by atoms with Gasteiger partial charge in [-0.1, -0.05) is 0 Å². The molecule has 1 heterocycles. The lowest BCUT2D eigenvalue weighted by molar-refractivity contribution is 0.588. The Bertz CT molecular complexity index is 776. The molecule has 2 aromatic rings. The summed E-state index contributed by atoms with van der Waals surface area (Å²) >= 11 is 0. The van der Waals surface area contributed by atoms with Crippen molar-refractivity contribution in [1.82, 2.24) is 9.71 Å². The molecule has 0 spiro atoms. The Morgan fingerprint density at radius 3 is 2.39 bits per heavy atom. The van der Waals surface area contributed by atoms with Crippen LogP contribution in [0.4, 0.5) is 0 Å². The van der Waals surface area contributed by atoms with E-state index in [1.165, 1.54) is 13.1 Å². The van der Waals surface area contributed by atoms with Crippen molar-refractivity contribution in [2.24, 2.45) is 0 Å². The summed E-state index contributed by atoms with van der Waals surface area (Å²) in [5, 5.41) is 0.739. The molecule has 1 aromatic carbocycles. The van der Waals surface area contributed by atoms with Gasteiger partial charge in [-0.2, -0.15) is 0 Å². The molecular formula is C12H14N2O3S. The Morgan fingerprint density at radius 2 is 1.78 bits per heavy atom. The van der Waals surface area contributed by atoms with E-state index in [1.54, 1.807) is 26.0 Å². The monoisotopic (exact) mass is 266 g/mol. The van der Waals surface area contributed by atoms with Crippen molar-refractivity contribution in [2.45, 2.75) is 18.7 Å². The van der Waals surface area contributed by atoms with Crippen LogP contribution in [0.2, 0.25) is 0 Å². The third-order valence-corrected chi connectivity index (χ3v) is 4.30. The van der Waals surface area contributed by atoms with Crippen LogP contribution in [0.3, 0.4) is 0 Å². The van der Waals surface area contributed by atoms with E-state index in [4.69, 9.17) is 0 Å². The number of nitrogens with one attached hydrogen (secondary N) is 2. The Balaban J connectivity index is 2.90. The number of sulfonamides is 1. The Labute approximate surface area is 105 Å². The number of fused-ring (bicyclic) bond motifs is 1. The van der Waals surface area contributed by atoms with E-state index in [-0.39, 0.29) is 10.5 Å². The van der Waals surface area contributed by atoms with Gasteiger partial charge in [0.2, 0.25) is 15.6 Å². The van der Waals surface area contributed by atoms with Gasteiger partial charge in [0.25, 0.3) is 0 Å². The molecule has 1 aromatic heterocycles. The van der Waals surface area contributed by atoms with E-state index in [0.717, 1.165) is 16.5 Å². The van der Waals surface area contributed by atoms with E-state index < -0.39 is 10.0 Å². The largest absolute Gasteiger partial charge is 0.322 e. The molecule has 0 atom stereocenters. The smallest absolute Gasteiger partial charge is 0.248 e. The number of H-pyrrole nitrogens is 1. The van der Waals surface area contributed by atoms with Crippen LogP contribution in [0.5, 0.6) is 0 Å². The Hall–Kier alpha value is -1.66. The molecule has 0 saturated carbocycles. The maximum atomic E-state index is 11.8. The fourth-order valence-electron chi connectivity index (χ4n) is 1.94. The lowest BCUT2D eigenvalue weighted by Gasteiger charge is -2.09. The predicted molar refractivity (Wildman–Crippen MR) is 70.3 cm³/mol. The van der Waals surface area contributed by atoms with Crippen molar-refractivity contribution >= 4 is 20.9 Å². The number of pyridine rings is 1. The third kappa shape index (κ3) is 2.04. The molecule has 5 nitrogen and oxygen atoms in total. The standard InChI is InChI=1S/C12H14N2O3S/c1-7-5-11(15)14-12-8(2)4-9(6-10(7)12)18(16,17)13-3/h4-6,13H,1-3H3,(H,14,15). The molecule has 0 aliphatic carbocycles. The zero-order valence-corrected chi connectivity index (χ0v) is 11.2. The first-order valence-corrected chi connectivity index (χ1v) is 6.91. The maximum absolute atomic E-state index is 11.8. The average Bonchev–Trinajstić information content (AvgIpc) is 2.30. The topological polar surface area (TPSA) is 79.0 Å². The lowest BCUT2D eigenvalue weighted by atomic mass is 10.1. The van der Waals surface area contributed by atoms with E-state index in [9.17, 15) is 13.2 Å². The first-order valence-electron chi connectivity index (χ1n) is 5.43. The van der Waals surface area contributed by atoms with Crippen molar-refractivity contribution in [3.8, 4) is 0 Å². The number of benzene rings is 1. The molecular weight excluding hydrogens is 252 g/mol. The van der Waals surface area contributed by atoms with Crippen molar-refractivity contribution in [3.05, 3.63) is 39.7 Å². The summed E-state index contributed by atoms with van der Waals surface area (Å²) in [6, 6.07) is 4.57. The van der Waals surface area contributed by atoms with Gasteiger partial charge in [-0.05, 0) is 44.2 Å². The van der Waals surface area contributed by atoms with E-state index in [1.807, 2.05) is 0 Å². The van der Waals surface area contributed by atoms with E-state index >= 15 is 0 Å². The highest BCUT2D eigenvalue weighted by molar-refractivity contribution is 7.89. The average molecular weight is 266 g/mol. The van der Waals surface area contributed by atoms with Crippen LogP contribution in [-0.4, -0.2) is 20.4 Å². The molecule has 2 N–H and O–H groups in total. The highest BCUT2D eigenvalue weighted by Crippen LogP contribution is 2.22. The Morgan fingerprint density at radius 1 is 1.11 bits per heavy atom. The van der Waals surface area contributed by atoms with Gasteiger partial charge in [0.05, 0.1) is 10.4 Å². The summed E-state index contributed by atoms with van der Waals surface area (Å²) in [5.74, 6) is 0. The first-order chi connectivity index (χ1) is 8.35. The van der Waals surface area contributed by atoms with Crippen LogP contribution >= 0.6 is 0 Å². The molecule has 0 amide bonds. The molecule has 0 radical (unpaired) electrons. The highest BCUT2D eigenvalue weighted by atomic mass is 32.2. The lowest BCUT2D eigenvalue weighted by Crippen LogP contribution is -2.19. The summed E-state index contributed by atoms with van der Waals surface area (Å²) < 4.78 is 25.9. The number of aromatic amines is 1. The number of hydrogen-bond acceptors (Lipinski definition) is 3. The first kappa shape index (κ1) is 12.8. The predicted octanol–water partition coefficient (Wildman–Crippen LogP) is 1.05. The maximum Gasteiger partial charge on any atom is 0.248 e. The molecule has 0 fully saturated rings. The number of hydrogen-bond donors (Lipinski definition) is 2. The molecule has 96 valence electrons. The summed E-state index contributed by atoms with van der Waals surface area (Å²) in [6.45, 7) is 3.55. The van der Waals surface area contributed by atoms with Crippen LogP contribution < -0.4 is 10.3 Å². The van der Waals surface area contributed by atoms with E-state index in [0.29, 0.717) is 5.52 Å². The van der Waals surface area contributed by atoms with Gasteiger partial charge in [-0.3, -0.25) is 4.79 Å². The van der Waals surface area contributed by atoms with Crippen molar-refractivity contribution < 1.29 is 8.42 Å². The van der Waals surface area contributed by atoms with Crippen molar-refractivity contribution in [2.75, 3.05) is 7.05 Å². The summed E-state index contributed by atoms with van der Waals surface area (Å²) in [6.07, 6.45) is 0. The van der Waals surface area contributed by atoms with E-state index in [2.05, 4.69) is 9.71 Å². The van der Waals surface area contributed by atoms with Crippen LogP contribution in [0.15, 0.2) is 27.9 Å². The third-order valence-electron chi connectivity index (χ3n) is 2.91. The molecule has 0 bridgehead atoms. The summed E-state index contributed by atoms with van der Waals surface area (Å²) in [7, 11) is -2.11. The van der Waals surface area contributed by atoms with Gasteiger partial charge < -0.3 is 4.98 Å². The molecule has 0 aliphatic rings. The van der Waals surface area contributed by atoms with Gasteiger partial charge >= 0.3 is 0 Å². The summed E-state index contributed by atoms with van der Waals surface area (Å²) in [5.41, 5.74) is 1.97. The minimum absolute atomic E-state index is 0.188. The molecule has 6 heteroatoms. The van der Waals surface area contributed by atoms with Crippen molar-refractivity contribution in [1.29, 1.82) is 0 Å². The second-order valence-electron chi connectivity index (χ2n) is 4.19. The molecule has 0 unspecified atom stereocenters. The van der Waals surface area contributed by atoms with Crippen LogP contribution in [0.25, 0.3) is 10.9 Å². The Kier molecular flexibility index (Phi) is 3.00. The number of aromatic nitrogens is 1. The molecule has 18 heavy (non-hydrogen) atoms. The van der Waals surface area contributed by atoms with Gasteiger partial charge in [0.1, 0.15) is 0 Å². The van der Waals surface area contributed by atoms with Gasteiger partial charge in [0, 0.05) is 11.5 Å². The SMILES string of the molecule is CNS(=O)(=O)c1cc(C)c2[nH]c(=O)cc(C)c2c1. The van der Waals surface area contributed by atoms with Gasteiger partial charge in [-0.25, -0.2) is 13.1 Å². The second kappa shape index (κ2) is 4.22. The van der Waals surface area contributed by atoms with Crippen LogP contribution in [0, 0.1) is 13.8 Å². The fourth-order valence-corrected chi connectivity index (χ4v) is 2.78. The zero-order chi connectivity index (χ0) is 13.5. The highest BCUT2D eigenvalue weighted by Gasteiger charge is 2.14. The quantitative estimate of drug-likeness (QED) is 0.852. The zero-order valence-electron chi connectivity index (χ0n) is 10.4. The second-order valence-corrected chi connectivity index (χ2v) is 6.07. The summed E-state index contributed by atoms with van der Waals surface area (Å²) in [4.78, 5) is 14.3. The minimum Gasteiger partial charge on any atom is -0.322 e.